The monoisotopic (exact) mass is 402 g/mol. The zero-order chi connectivity index (χ0) is 20.1. The highest BCUT2D eigenvalue weighted by Gasteiger charge is 2.28. The first-order chi connectivity index (χ1) is 13.4. The van der Waals surface area contributed by atoms with Crippen molar-refractivity contribution in [1.82, 2.24) is 5.32 Å². The van der Waals surface area contributed by atoms with Crippen LogP contribution in [-0.2, 0) is 19.6 Å². The Balaban J connectivity index is 1.69. The summed E-state index contributed by atoms with van der Waals surface area (Å²) in [5.41, 5.74) is 1.35. The number of carbonyl (C=O) groups is 2. The van der Waals surface area contributed by atoms with Crippen LogP contribution in [-0.4, -0.2) is 39.2 Å². The Kier molecular flexibility index (Phi) is 5.99. The Morgan fingerprint density at radius 1 is 1.07 bits per heavy atom. The molecule has 1 saturated carbocycles. The van der Waals surface area contributed by atoms with E-state index in [1.54, 1.807) is 42.5 Å². The van der Waals surface area contributed by atoms with Crippen molar-refractivity contribution >= 4 is 27.6 Å². The van der Waals surface area contributed by atoms with Crippen LogP contribution >= 0.6 is 0 Å². The average Bonchev–Trinajstić information content (AvgIpc) is 3.50. The summed E-state index contributed by atoms with van der Waals surface area (Å²) in [6.07, 6.45) is 1.98. The number of benzene rings is 2. The van der Waals surface area contributed by atoms with Gasteiger partial charge in [-0.1, -0.05) is 30.3 Å². The number of amides is 1. The minimum atomic E-state index is -3.83. The lowest BCUT2D eigenvalue weighted by molar-refractivity contribution is -0.141. The van der Waals surface area contributed by atoms with Crippen molar-refractivity contribution in [2.24, 2.45) is 0 Å². The topological polar surface area (TPSA) is 102 Å². The highest BCUT2D eigenvalue weighted by molar-refractivity contribution is 7.92. The van der Waals surface area contributed by atoms with E-state index >= 15 is 0 Å². The van der Waals surface area contributed by atoms with Crippen molar-refractivity contribution in [3.63, 3.8) is 0 Å². The molecule has 3 rings (SSSR count). The number of ether oxygens (including phenoxy) is 1. The molecule has 0 heterocycles. The molecule has 1 fully saturated rings. The van der Waals surface area contributed by atoms with E-state index in [-0.39, 0.29) is 11.9 Å². The molecule has 8 heteroatoms. The summed E-state index contributed by atoms with van der Waals surface area (Å²) in [5, 5.41) is 2.87. The Morgan fingerprint density at radius 3 is 2.29 bits per heavy atom. The Morgan fingerprint density at radius 2 is 1.71 bits per heavy atom. The fourth-order valence-corrected chi connectivity index (χ4v) is 4.10. The van der Waals surface area contributed by atoms with Gasteiger partial charge in [0.05, 0.1) is 18.8 Å². The molecule has 148 valence electrons. The molecular formula is C20H22N2O5S. The molecule has 0 aliphatic heterocycles. The van der Waals surface area contributed by atoms with E-state index in [4.69, 9.17) is 4.74 Å². The van der Waals surface area contributed by atoms with E-state index in [2.05, 4.69) is 10.0 Å². The second-order valence-corrected chi connectivity index (χ2v) is 8.46. The summed E-state index contributed by atoms with van der Waals surface area (Å²) in [4.78, 5) is 24.1. The fourth-order valence-electron chi connectivity index (χ4n) is 2.75. The summed E-state index contributed by atoms with van der Waals surface area (Å²) in [7, 11) is -2.60. The summed E-state index contributed by atoms with van der Waals surface area (Å²) in [5.74, 6) is -2.18. The molecular weight excluding hydrogens is 380 g/mol. The van der Waals surface area contributed by atoms with E-state index in [9.17, 15) is 18.0 Å². The standard InChI is InChI=1S/C20H22N2O5S/c1-27-20(24)18(14-5-3-2-4-6-14)13-28(25,26)22-17-9-7-15(8-10-17)19(23)21-16-11-12-16/h2-10,16,18,22H,11-13H2,1H3,(H,21,23)/t18-/m0/s1. The number of methoxy groups -OCH3 is 1. The number of rotatable bonds is 8. The van der Waals surface area contributed by atoms with Crippen LogP contribution in [0.5, 0.6) is 0 Å². The van der Waals surface area contributed by atoms with Gasteiger partial charge in [-0.05, 0) is 42.7 Å². The molecule has 0 radical (unpaired) electrons. The van der Waals surface area contributed by atoms with Crippen molar-refractivity contribution in [2.75, 3.05) is 17.6 Å². The van der Waals surface area contributed by atoms with Gasteiger partial charge in [-0.15, -0.1) is 0 Å². The van der Waals surface area contributed by atoms with Crippen LogP contribution in [0.3, 0.4) is 0 Å². The third-order valence-corrected chi connectivity index (χ3v) is 5.73. The predicted octanol–water partition coefficient (Wildman–Crippen LogP) is 2.28. The minimum Gasteiger partial charge on any atom is -0.469 e. The summed E-state index contributed by atoms with van der Waals surface area (Å²) in [6.45, 7) is 0. The molecule has 0 bridgehead atoms. The van der Waals surface area contributed by atoms with Crippen LogP contribution in [0.1, 0.15) is 34.7 Å². The molecule has 2 aromatic carbocycles. The van der Waals surface area contributed by atoms with E-state index in [1.807, 2.05) is 0 Å². The van der Waals surface area contributed by atoms with Gasteiger partial charge in [0.15, 0.2) is 0 Å². The molecule has 1 atom stereocenters. The number of carbonyl (C=O) groups excluding carboxylic acids is 2. The van der Waals surface area contributed by atoms with Gasteiger partial charge in [-0.25, -0.2) is 8.42 Å². The first-order valence-corrected chi connectivity index (χ1v) is 10.6. The van der Waals surface area contributed by atoms with Crippen molar-refractivity contribution in [3.8, 4) is 0 Å². The van der Waals surface area contributed by atoms with Gasteiger partial charge >= 0.3 is 5.97 Å². The molecule has 28 heavy (non-hydrogen) atoms. The van der Waals surface area contributed by atoms with Gasteiger partial charge in [0.1, 0.15) is 0 Å². The molecule has 1 aliphatic rings. The van der Waals surface area contributed by atoms with Crippen molar-refractivity contribution < 1.29 is 22.7 Å². The number of nitrogens with one attached hydrogen (secondary N) is 2. The lowest BCUT2D eigenvalue weighted by atomic mass is 10.0. The summed E-state index contributed by atoms with van der Waals surface area (Å²) < 4.78 is 32.4. The molecule has 2 aromatic rings. The lowest BCUT2D eigenvalue weighted by Crippen LogP contribution is -2.27. The van der Waals surface area contributed by atoms with Crippen molar-refractivity contribution in [3.05, 3.63) is 65.7 Å². The zero-order valence-corrected chi connectivity index (χ0v) is 16.2. The average molecular weight is 402 g/mol. The van der Waals surface area contributed by atoms with Gasteiger partial charge in [0.25, 0.3) is 5.91 Å². The first-order valence-electron chi connectivity index (χ1n) is 8.92. The highest BCUT2D eigenvalue weighted by atomic mass is 32.2. The number of anilines is 1. The van der Waals surface area contributed by atoms with Crippen LogP contribution in [0.15, 0.2) is 54.6 Å². The SMILES string of the molecule is COC(=O)[C@@H](CS(=O)(=O)Nc1ccc(C(=O)NC2CC2)cc1)c1ccccc1. The number of sulfonamides is 1. The van der Waals surface area contributed by atoms with Crippen LogP contribution in [0.25, 0.3) is 0 Å². The molecule has 0 saturated heterocycles. The Labute approximate surface area is 164 Å². The van der Waals surface area contributed by atoms with Gasteiger partial charge in [0, 0.05) is 17.3 Å². The first kappa shape index (κ1) is 19.9. The molecule has 1 amide bonds. The van der Waals surface area contributed by atoms with E-state index in [0.717, 1.165) is 12.8 Å². The highest BCUT2D eigenvalue weighted by Crippen LogP contribution is 2.22. The van der Waals surface area contributed by atoms with Crippen molar-refractivity contribution in [2.45, 2.75) is 24.8 Å². The maximum atomic E-state index is 12.6. The van der Waals surface area contributed by atoms with Crippen LogP contribution in [0.2, 0.25) is 0 Å². The minimum absolute atomic E-state index is 0.174. The lowest BCUT2D eigenvalue weighted by Gasteiger charge is -2.16. The normalized spacial score (nSPS) is 14.8. The maximum Gasteiger partial charge on any atom is 0.314 e. The predicted molar refractivity (Wildman–Crippen MR) is 106 cm³/mol. The van der Waals surface area contributed by atoms with Crippen LogP contribution < -0.4 is 10.0 Å². The van der Waals surface area contributed by atoms with Gasteiger partial charge in [0.2, 0.25) is 10.0 Å². The third kappa shape index (κ3) is 5.32. The smallest absolute Gasteiger partial charge is 0.314 e. The van der Waals surface area contributed by atoms with Crippen molar-refractivity contribution in [1.29, 1.82) is 0 Å². The molecule has 2 N–H and O–H groups in total. The second-order valence-electron chi connectivity index (χ2n) is 6.69. The molecule has 7 nitrogen and oxygen atoms in total. The molecule has 0 aromatic heterocycles. The number of hydrogen-bond donors (Lipinski definition) is 2. The summed E-state index contributed by atoms with van der Waals surface area (Å²) in [6, 6.07) is 15.0. The van der Waals surface area contributed by atoms with Gasteiger partial charge < -0.3 is 10.1 Å². The van der Waals surface area contributed by atoms with Gasteiger partial charge in [-0.2, -0.15) is 0 Å². The zero-order valence-electron chi connectivity index (χ0n) is 15.4. The van der Waals surface area contributed by atoms with Crippen LogP contribution in [0, 0.1) is 0 Å². The molecule has 0 unspecified atom stereocenters. The largest absolute Gasteiger partial charge is 0.469 e. The van der Waals surface area contributed by atoms with Gasteiger partial charge in [-0.3, -0.25) is 14.3 Å². The Bertz CT molecular complexity index is 938. The number of esters is 1. The molecule has 1 aliphatic carbocycles. The van der Waals surface area contributed by atoms with E-state index in [1.165, 1.54) is 19.2 Å². The molecule has 0 spiro atoms. The van der Waals surface area contributed by atoms with Crippen LogP contribution in [0.4, 0.5) is 5.69 Å². The second kappa shape index (κ2) is 8.43. The number of hydrogen-bond acceptors (Lipinski definition) is 5. The fraction of sp³-hybridized carbons (Fsp3) is 0.300. The maximum absolute atomic E-state index is 12.6. The Hall–Kier alpha value is -2.87. The summed E-state index contributed by atoms with van der Waals surface area (Å²) >= 11 is 0. The third-order valence-electron chi connectivity index (χ3n) is 4.41. The quantitative estimate of drug-likeness (QED) is 0.660. The van der Waals surface area contributed by atoms with E-state index in [0.29, 0.717) is 16.8 Å². The van der Waals surface area contributed by atoms with E-state index < -0.39 is 27.7 Å².